The van der Waals surface area contributed by atoms with E-state index in [-0.39, 0.29) is 24.4 Å². The second-order valence-electron chi connectivity index (χ2n) is 5.22. The highest BCUT2D eigenvalue weighted by molar-refractivity contribution is 5.97. The Balaban J connectivity index is 1.92. The van der Waals surface area contributed by atoms with Crippen molar-refractivity contribution in [3.8, 4) is 5.75 Å². The minimum atomic E-state index is -0.988. The van der Waals surface area contributed by atoms with Crippen LogP contribution in [0.25, 0.3) is 0 Å². The molecular weight excluding hydrogens is 274 g/mol. The lowest BCUT2D eigenvalue weighted by Crippen LogP contribution is -2.41. The number of phenolic OH excluding ortho intramolecular Hbond substituents is 1. The predicted octanol–water partition coefficient (Wildman–Crippen LogP) is 1.41. The van der Waals surface area contributed by atoms with Gasteiger partial charge in [-0.25, -0.2) is 4.79 Å². The number of aliphatic carboxylic acids is 1. The Bertz CT molecular complexity index is 535. The van der Waals surface area contributed by atoms with Crippen LogP contribution in [0.5, 0.6) is 5.75 Å². The summed E-state index contributed by atoms with van der Waals surface area (Å²) < 4.78 is 5.23. The van der Waals surface area contributed by atoms with E-state index in [9.17, 15) is 14.7 Å². The van der Waals surface area contributed by atoms with Crippen LogP contribution < -0.4 is 0 Å². The molecule has 0 bridgehead atoms. The molecule has 1 fully saturated rings. The maximum Gasteiger partial charge on any atom is 0.329 e. The van der Waals surface area contributed by atoms with Crippen molar-refractivity contribution in [2.75, 3.05) is 19.7 Å². The quantitative estimate of drug-likeness (QED) is 0.876. The van der Waals surface area contributed by atoms with Gasteiger partial charge < -0.3 is 19.8 Å². The van der Waals surface area contributed by atoms with E-state index in [1.165, 1.54) is 0 Å². The molecule has 21 heavy (non-hydrogen) atoms. The molecule has 1 aromatic carbocycles. The molecule has 0 atom stereocenters. The molecule has 1 saturated heterocycles. The molecule has 114 valence electrons. The number of carbonyl (C=O) groups excluding carboxylic acids is 1. The van der Waals surface area contributed by atoms with Gasteiger partial charge in [-0.3, -0.25) is 4.79 Å². The Hall–Kier alpha value is -2.08. The van der Waals surface area contributed by atoms with Crippen LogP contribution in [0.15, 0.2) is 18.2 Å². The maximum absolute atomic E-state index is 12.3. The van der Waals surface area contributed by atoms with E-state index in [0.717, 1.165) is 5.56 Å². The second kappa shape index (κ2) is 6.58. The van der Waals surface area contributed by atoms with Gasteiger partial charge in [0.25, 0.3) is 5.91 Å². The van der Waals surface area contributed by atoms with E-state index in [1.807, 2.05) is 6.92 Å². The number of ether oxygens (including phenoxy) is 1. The van der Waals surface area contributed by atoms with E-state index >= 15 is 0 Å². The number of phenols is 1. The lowest BCUT2D eigenvalue weighted by molar-refractivity contribution is -0.145. The fraction of sp³-hybridized carbons (Fsp3) is 0.467. The molecule has 1 aliphatic rings. The minimum absolute atomic E-state index is 0.00995. The lowest BCUT2D eigenvalue weighted by Gasteiger charge is -2.31. The standard InChI is InChI=1S/C15H19NO5/c1-10-2-3-12(13(17)8-10)15(20)16-6-4-11(5-7-16)21-9-14(18)19/h2-3,8,11,17H,4-7,9H2,1H3,(H,18,19). The van der Waals surface area contributed by atoms with Gasteiger partial charge in [0.05, 0.1) is 11.7 Å². The number of benzene rings is 1. The Kier molecular flexibility index (Phi) is 4.80. The number of nitrogens with zero attached hydrogens (tertiary/aromatic N) is 1. The zero-order chi connectivity index (χ0) is 15.4. The van der Waals surface area contributed by atoms with E-state index in [0.29, 0.717) is 31.5 Å². The number of piperidine rings is 1. The smallest absolute Gasteiger partial charge is 0.329 e. The molecule has 0 aliphatic carbocycles. The molecule has 0 spiro atoms. The first kappa shape index (κ1) is 15.3. The number of hydrogen-bond donors (Lipinski definition) is 2. The molecule has 6 heteroatoms. The fourth-order valence-electron chi connectivity index (χ4n) is 2.41. The number of aromatic hydroxyl groups is 1. The van der Waals surface area contributed by atoms with Gasteiger partial charge in [-0.1, -0.05) is 6.07 Å². The molecule has 2 rings (SSSR count). The van der Waals surface area contributed by atoms with Crippen molar-refractivity contribution in [2.24, 2.45) is 0 Å². The number of carboxylic acid groups (broad SMARTS) is 1. The summed E-state index contributed by atoms with van der Waals surface area (Å²) in [5, 5.41) is 18.4. The molecule has 0 aromatic heterocycles. The molecule has 6 nitrogen and oxygen atoms in total. The summed E-state index contributed by atoms with van der Waals surface area (Å²) in [6.07, 6.45) is 1.08. The topological polar surface area (TPSA) is 87.1 Å². The second-order valence-corrected chi connectivity index (χ2v) is 5.22. The predicted molar refractivity (Wildman–Crippen MR) is 75.4 cm³/mol. The summed E-state index contributed by atoms with van der Waals surface area (Å²) in [4.78, 5) is 24.4. The van der Waals surface area contributed by atoms with Crippen LogP contribution in [0.2, 0.25) is 0 Å². The number of carboxylic acids is 1. The van der Waals surface area contributed by atoms with E-state index in [4.69, 9.17) is 9.84 Å². The number of hydrogen-bond acceptors (Lipinski definition) is 4. The van der Waals surface area contributed by atoms with Crippen LogP contribution in [-0.4, -0.2) is 52.8 Å². The molecule has 2 N–H and O–H groups in total. The van der Waals surface area contributed by atoms with Crippen molar-refractivity contribution < 1.29 is 24.5 Å². The molecule has 1 amide bonds. The summed E-state index contributed by atoms with van der Waals surface area (Å²) in [6.45, 7) is 2.53. The molecule has 1 heterocycles. The zero-order valence-corrected chi connectivity index (χ0v) is 11.9. The minimum Gasteiger partial charge on any atom is -0.507 e. The average molecular weight is 293 g/mol. The molecule has 0 unspecified atom stereocenters. The van der Waals surface area contributed by atoms with Gasteiger partial charge in [0.1, 0.15) is 12.4 Å². The Morgan fingerprint density at radius 2 is 2.00 bits per heavy atom. The van der Waals surface area contributed by atoms with Gasteiger partial charge in [0.15, 0.2) is 0 Å². The summed E-state index contributed by atoms with van der Waals surface area (Å²) in [7, 11) is 0. The highest BCUT2D eigenvalue weighted by atomic mass is 16.5. The van der Waals surface area contributed by atoms with Gasteiger partial charge in [0.2, 0.25) is 0 Å². The Labute approximate surface area is 122 Å². The summed E-state index contributed by atoms with van der Waals surface area (Å²) in [5.41, 5.74) is 1.19. The largest absolute Gasteiger partial charge is 0.507 e. The van der Waals surface area contributed by atoms with Crippen molar-refractivity contribution in [1.29, 1.82) is 0 Å². The van der Waals surface area contributed by atoms with Crippen molar-refractivity contribution >= 4 is 11.9 Å². The van der Waals surface area contributed by atoms with E-state index < -0.39 is 5.97 Å². The number of carbonyl (C=O) groups is 2. The zero-order valence-electron chi connectivity index (χ0n) is 11.9. The number of rotatable bonds is 4. The highest BCUT2D eigenvalue weighted by Gasteiger charge is 2.25. The summed E-state index contributed by atoms with van der Waals surface area (Å²) >= 11 is 0. The van der Waals surface area contributed by atoms with Crippen LogP contribution in [0.1, 0.15) is 28.8 Å². The van der Waals surface area contributed by atoms with Crippen LogP contribution in [0.3, 0.4) is 0 Å². The van der Waals surface area contributed by atoms with E-state index in [2.05, 4.69) is 0 Å². The SMILES string of the molecule is Cc1ccc(C(=O)N2CCC(OCC(=O)O)CC2)c(O)c1. The molecule has 1 aliphatic heterocycles. The first-order valence-electron chi connectivity index (χ1n) is 6.89. The van der Waals surface area contributed by atoms with Gasteiger partial charge >= 0.3 is 5.97 Å². The number of amides is 1. The monoisotopic (exact) mass is 293 g/mol. The first-order chi connectivity index (χ1) is 9.97. The average Bonchev–Trinajstić information content (AvgIpc) is 2.45. The molecule has 0 saturated carbocycles. The lowest BCUT2D eigenvalue weighted by atomic mass is 10.0. The normalized spacial score (nSPS) is 16.0. The Morgan fingerprint density at radius 1 is 1.33 bits per heavy atom. The highest BCUT2D eigenvalue weighted by Crippen LogP contribution is 2.22. The van der Waals surface area contributed by atoms with Gasteiger partial charge in [-0.2, -0.15) is 0 Å². The van der Waals surface area contributed by atoms with Crippen molar-refractivity contribution in [3.63, 3.8) is 0 Å². The van der Waals surface area contributed by atoms with Crippen LogP contribution >= 0.6 is 0 Å². The van der Waals surface area contributed by atoms with Gasteiger partial charge in [-0.15, -0.1) is 0 Å². The summed E-state index contributed by atoms with van der Waals surface area (Å²) in [5.74, 6) is -1.20. The molecule has 1 aromatic rings. The molecule has 0 radical (unpaired) electrons. The third kappa shape index (κ3) is 3.95. The van der Waals surface area contributed by atoms with Crippen molar-refractivity contribution in [1.82, 2.24) is 4.90 Å². The van der Waals surface area contributed by atoms with Crippen molar-refractivity contribution in [2.45, 2.75) is 25.9 Å². The maximum atomic E-state index is 12.3. The van der Waals surface area contributed by atoms with Crippen LogP contribution in [0, 0.1) is 6.92 Å². The molecular formula is C15H19NO5. The van der Waals surface area contributed by atoms with E-state index in [1.54, 1.807) is 23.1 Å². The van der Waals surface area contributed by atoms with Crippen LogP contribution in [0.4, 0.5) is 0 Å². The number of likely N-dealkylation sites (tertiary alicyclic amines) is 1. The third-order valence-electron chi connectivity index (χ3n) is 3.56. The Morgan fingerprint density at radius 3 is 2.57 bits per heavy atom. The van der Waals surface area contributed by atoms with Gasteiger partial charge in [-0.05, 0) is 37.5 Å². The van der Waals surface area contributed by atoms with Crippen LogP contribution in [-0.2, 0) is 9.53 Å². The first-order valence-corrected chi connectivity index (χ1v) is 6.89. The number of aryl methyl sites for hydroxylation is 1. The van der Waals surface area contributed by atoms with Gasteiger partial charge in [0, 0.05) is 13.1 Å². The van der Waals surface area contributed by atoms with Crippen molar-refractivity contribution in [3.05, 3.63) is 29.3 Å². The third-order valence-corrected chi connectivity index (χ3v) is 3.56. The fourth-order valence-corrected chi connectivity index (χ4v) is 2.41. The summed E-state index contributed by atoms with van der Waals surface area (Å²) in [6, 6.07) is 4.98.